The van der Waals surface area contributed by atoms with E-state index in [1.54, 1.807) is 0 Å². The molecule has 1 aromatic rings. The van der Waals surface area contributed by atoms with Crippen molar-refractivity contribution < 1.29 is 4.74 Å². The lowest BCUT2D eigenvalue weighted by Gasteiger charge is -2.30. The van der Waals surface area contributed by atoms with Crippen molar-refractivity contribution in [1.82, 2.24) is 5.32 Å². The molecule has 0 saturated carbocycles. The molecule has 1 fully saturated rings. The summed E-state index contributed by atoms with van der Waals surface area (Å²) in [5.41, 5.74) is 2.51. The lowest BCUT2D eigenvalue weighted by atomic mass is 9.89. The topological polar surface area (TPSA) is 21.3 Å². The van der Waals surface area contributed by atoms with E-state index >= 15 is 0 Å². The third-order valence-corrected chi connectivity index (χ3v) is 3.43. The first-order chi connectivity index (χ1) is 8.27. The molecule has 2 nitrogen and oxygen atoms in total. The average Bonchev–Trinajstić information content (AvgIpc) is 2.38. The van der Waals surface area contributed by atoms with Crippen LogP contribution < -0.4 is 5.32 Å². The van der Waals surface area contributed by atoms with Gasteiger partial charge < -0.3 is 10.1 Å². The van der Waals surface area contributed by atoms with Gasteiger partial charge in [-0.3, -0.25) is 0 Å². The number of piperidine rings is 1. The minimum atomic E-state index is 0.254. The van der Waals surface area contributed by atoms with Crippen molar-refractivity contribution in [3.8, 4) is 0 Å². The Labute approximate surface area is 104 Å². The first kappa shape index (κ1) is 12.3. The molecule has 2 rings (SSSR count). The minimum absolute atomic E-state index is 0.254. The Morgan fingerprint density at radius 3 is 2.88 bits per heavy atom. The fourth-order valence-corrected chi connectivity index (χ4v) is 2.33. The van der Waals surface area contributed by atoms with Gasteiger partial charge in [0.15, 0.2) is 0 Å². The summed E-state index contributed by atoms with van der Waals surface area (Å²) >= 11 is 0. The molecule has 0 radical (unpaired) electrons. The van der Waals surface area contributed by atoms with Crippen LogP contribution in [0.5, 0.6) is 0 Å². The standard InChI is InChI=1S/C15H21NO/c1-12-10-16-9-8-15(12)13(2)17-11-14-6-4-3-5-7-14/h3-7,13,15-16H,1,8-11H2,2H3. The lowest BCUT2D eigenvalue weighted by molar-refractivity contribution is 0.0183. The predicted octanol–water partition coefficient (Wildman–Crippen LogP) is 2.76. The van der Waals surface area contributed by atoms with Crippen LogP contribution in [-0.2, 0) is 11.3 Å². The fraction of sp³-hybridized carbons (Fsp3) is 0.467. The summed E-state index contributed by atoms with van der Waals surface area (Å²) in [5, 5.41) is 3.34. The fourth-order valence-electron chi connectivity index (χ4n) is 2.33. The molecule has 0 aromatic heterocycles. The van der Waals surface area contributed by atoms with Gasteiger partial charge in [-0.05, 0) is 25.5 Å². The normalized spacial score (nSPS) is 22.4. The summed E-state index contributed by atoms with van der Waals surface area (Å²) in [6.07, 6.45) is 1.39. The van der Waals surface area contributed by atoms with Gasteiger partial charge in [0.2, 0.25) is 0 Å². The maximum atomic E-state index is 5.95. The Hall–Kier alpha value is -1.12. The molecule has 17 heavy (non-hydrogen) atoms. The molecule has 1 aliphatic rings. The second-order valence-electron chi connectivity index (χ2n) is 4.73. The Balaban J connectivity index is 1.84. The maximum Gasteiger partial charge on any atom is 0.0720 e. The molecule has 1 saturated heterocycles. The highest BCUT2D eigenvalue weighted by Crippen LogP contribution is 2.23. The van der Waals surface area contributed by atoms with Crippen molar-refractivity contribution in [3.63, 3.8) is 0 Å². The number of hydrogen-bond acceptors (Lipinski definition) is 2. The quantitative estimate of drug-likeness (QED) is 0.805. The zero-order valence-corrected chi connectivity index (χ0v) is 10.5. The smallest absolute Gasteiger partial charge is 0.0720 e. The Kier molecular flexibility index (Phi) is 4.35. The average molecular weight is 231 g/mol. The SMILES string of the molecule is C=C1CNCCC1C(C)OCc1ccccc1. The minimum Gasteiger partial charge on any atom is -0.373 e. The van der Waals surface area contributed by atoms with Crippen molar-refractivity contribution in [2.75, 3.05) is 13.1 Å². The van der Waals surface area contributed by atoms with Gasteiger partial charge in [-0.1, -0.05) is 42.5 Å². The van der Waals surface area contributed by atoms with Crippen LogP contribution in [0.1, 0.15) is 18.9 Å². The first-order valence-corrected chi connectivity index (χ1v) is 6.31. The zero-order valence-electron chi connectivity index (χ0n) is 10.5. The van der Waals surface area contributed by atoms with Gasteiger partial charge in [0, 0.05) is 12.5 Å². The second kappa shape index (κ2) is 5.99. The monoisotopic (exact) mass is 231 g/mol. The Morgan fingerprint density at radius 1 is 1.41 bits per heavy atom. The molecule has 1 heterocycles. The summed E-state index contributed by atoms with van der Waals surface area (Å²) in [6.45, 7) is 8.99. The number of benzene rings is 1. The molecule has 1 N–H and O–H groups in total. The lowest BCUT2D eigenvalue weighted by Crippen LogP contribution is -2.35. The van der Waals surface area contributed by atoms with Crippen molar-refractivity contribution in [3.05, 3.63) is 48.0 Å². The Bertz CT molecular complexity index is 360. The molecule has 0 spiro atoms. The van der Waals surface area contributed by atoms with E-state index in [0.717, 1.165) is 19.5 Å². The molecule has 2 atom stereocenters. The van der Waals surface area contributed by atoms with E-state index < -0.39 is 0 Å². The molecule has 0 aliphatic carbocycles. The molecule has 1 aliphatic heterocycles. The number of nitrogens with one attached hydrogen (secondary N) is 1. The summed E-state index contributed by atoms with van der Waals surface area (Å²) < 4.78 is 5.95. The largest absolute Gasteiger partial charge is 0.373 e. The van der Waals surface area contributed by atoms with Crippen molar-refractivity contribution in [1.29, 1.82) is 0 Å². The maximum absolute atomic E-state index is 5.95. The van der Waals surface area contributed by atoms with E-state index in [9.17, 15) is 0 Å². The highest BCUT2D eigenvalue weighted by molar-refractivity contribution is 5.14. The summed E-state index contributed by atoms with van der Waals surface area (Å²) in [6, 6.07) is 10.3. The van der Waals surface area contributed by atoms with Gasteiger partial charge in [0.25, 0.3) is 0 Å². The van der Waals surface area contributed by atoms with Crippen LogP contribution in [0.3, 0.4) is 0 Å². The molecule has 0 amide bonds. The van der Waals surface area contributed by atoms with E-state index in [-0.39, 0.29) is 6.10 Å². The predicted molar refractivity (Wildman–Crippen MR) is 70.8 cm³/mol. The van der Waals surface area contributed by atoms with Crippen LogP contribution >= 0.6 is 0 Å². The number of rotatable bonds is 4. The van der Waals surface area contributed by atoms with E-state index in [0.29, 0.717) is 12.5 Å². The highest BCUT2D eigenvalue weighted by Gasteiger charge is 2.23. The van der Waals surface area contributed by atoms with Crippen molar-refractivity contribution in [2.24, 2.45) is 5.92 Å². The molecule has 2 unspecified atom stereocenters. The number of ether oxygens (including phenoxy) is 1. The van der Waals surface area contributed by atoms with Crippen molar-refractivity contribution in [2.45, 2.75) is 26.1 Å². The summed E-state index contributed by atoms with van der Waals surface area (Å²) in [4.78, 5) is 0. The van der Waals surface area contributed by atoms with Crippen LogP contribution in [-0.4, -0.2) is 19.2 Å². The summed E-state index contributed by atoms with van der Waals surface area (Å²) in [5.74, 6) is 0.500. The van der Waals surface area contributed by atoms with E-state index in [1.165, 1.54) is 11.1 Å². The van der Waals surface area contributed by atoms with Crippen LogP contribution in [0.4, 0.5) is 0 Å². The van der Waals surface area contributed by atoms with Gasteiger partial charge >= 0.3 is 0 Å². The van der Waals surface area contributed by atoms with E-state index in [1.807, 2.05) is 18.2 Å². The molecule has 0 bridgehead atoms. The molecular formula is C15H21NO. The third kappa shape index (κ3) is 3.42. The van der Waals surface area contributed by atoms with Gasteiger partial charge in [0.1, 0.15) is 0 Å². The van der Waals surface area contributed by atoms with Gasteiger partial charge in [-0.15, -0.1) is 0 Å². The van der Waals surface area contributed by atoms with E-state index in [4.69, 9.17) is 4.74 Å². The second-order valence-corrected chi connectivity index (χ2v) is 4.73. The van der Waals surface area contributed by atoms with Crippen LogP contribution in [0, 0.1) is 5.92 Å². The molecule has 92 valence electrons. The first-order valence-electron chi connectivity index (χ1n) is 6.31. The zero-order chi connectivity index (χ0) is 12.1. The van der Waals surface area contributed by atoms with Crippen molar-refractivity contribution >= 4 is 0 Å². The van der Waals surface area contributed by atoms with Crippen LogP contribution in [0.2, 0.25) is 0 Å². The molecule has 2 heteroatoms. The summed E-state index contributed by atoms with van der Waals surface area (Å²) in [7, 11) is 0. The molecular weight excluding hydrogens is 210 g/mol. The third-order valence-electron chi connectivity index (χ3n) is 3.43. The van der Waals surface area contributed by atoms with E-state index in [2.05, 4.69) is 31.0 Å². The van der Waals surface area contributed by atoms with Crippen LogP contribution in [0.15, 0.2) is 42.5 Å². The van der Waals surface area contributed by atoms with Gasteiger partial charge in [-0.2, -0.15) is 0 Å². The molecule has 1 aromatic carbocycles. The highest BCUT2D eigenvalue weighted by atomic mass is 16.5. The van der Waals surface area contributed by atoms with Gasteiger partial charge in [0.05, 0.1) is 12.7 Å². The Morgan fingerprint density at radius 2 is 2.18 bits per heavy atom. The van der Waals surface area contributed by atoms with Crippen LogP contribution in [0.25, 0.3) is 0 Å². The number of hydrogen-bond donors (Lipinski definition) is 1. The van der Waals surface area contributed by atoms with Gasteiger partial charge in [-0.25, -0.2) is 0 Å².